The van der Waals surface area contributed by atoms with Gasteiger partial charge < -0.3 is 9.47 Å². The van der Waals surface area contributed by atoms with E-state index in [0.717, 1.165) is 9.80 Å². The molecule has 3 aromatic rings. The van der Waals surface area contributed by atoms with Crippen LogP contribution in [0.4, 0.5) is 5.69 Å². The van der Waals surface area contributed by atoms with Crippen LogP contribution in [0.5, 0.6) is 11.5 Å². The molecule has 0 aromatic heterocycles. The molecule has 0 unspecified atom stereocenters. The Bertz CT molecular complexity index is 1260. The average Bonchev–Trinajstić information content (AvgIpc) is 3.08. The Morgan fingerprint density at radius 3 is 2.16 bits per heavy atom. The summed E-state index contributed by atoms with van der Waals surface area (Å²) < 4.78 is 10.7. The standard InChI is InChI=1S/C25H18N2O4S/c1-30-20-13-10-17(14-21(20)31-2)22-23(32-19-6-4-3-5-7-19)25(29)27(24(22)28)18-11-8-16(15-26)9-12-18/h3-14H,1-2H3. The first kappa shape index (κ1) is 21.2. The van der Waals surface area contributed by atoms with Gasteiger partial charge in [0.25, 0.3) is 11.8 Å². The zero-order chi connectivity index (χ0) is 22.7. The number of benzene rings is 3. The van der Waals surface area contributed by atoms with Crippen LogP contribution in [-0.4, -0.2) is 26.0 Å². The molecule has 0 saturated carbocycles. The number of carbonyl (C=O) groups excluding carboxylic acids is 2. The van der Waals surface area contributed by atoms with Crippen molar-refractivity contribution in [3.63, 3.8) is 0 Å². The van der Waals surface area contributed by atoms with Crippen LogP contribution < -0.4 is 14.4 Å². The maximum absolute atomic E-state index is 13.5. The van der Waals surface area contributed by atoms with E-state index in [1.807, 2.05) is 36.4 Å². The van der Waals surface area contributed by atoms with E-state index in [1.54, 1.807) is 42.5 Å². The van der Waals surface area contributed by atoms with Crippen molar-refractivity contribution in [1.29, 1.82) is 5.26 Å². The third-order valence-corrected chi connectivity index (χ3v) is 6.02. The van der Waals surface area contributed by atoms with Crippen molar-refractivity contribution in [3.05, 3.63) is 88.8 Å². The first-order valence-electron chi connectivity index (χ1n) is 9.66. The van der Waals surface area contributed by atoms with Crippen molar-refractivity contribution in [3.8, 4) is 17.6 Å². The number of hydrogen-bond acceptors (Lipinski definition) is 6. The number of amides is 2. The third-order valence-electron chi connectivity index (χ3n) is 4.93. The highest BCUT2D eigenvalue weighted by molar-refractivity contribution is 8.04. The molecule has 1 aliphatic rings. The van der Waals surface area contributed by atoms with Crippen LogP contribution in [0.15, 0.2) is 82.6 Å². The monoisotopic (exact) mass is 442 g/mol. The van der Waals surface area contributed by atoms with Gasteiger partial charge in [-0.05, 0) is 54.1 Å². The van der Waals surface area contributed by atoms with Gasteiger partial charge in [-0.25, -0.2) is 4.90 Å². The van der Waals surface area contributed by atoms with E-state index in [2.05, 4.69) is 0 Å². The lowest BCUT2D eigenvalue weighted by atomic mass is 10.1. The van der Waals surface area contributed by atoms with Gasteiger partial charge in [-0.15, -0.1) is 0 Å². The number of rotatable bonds is 6. The van der Waals surface area contributed by atoms with Gasteiger partial charge in [-0.3, -0.25) is 9.59 Å². The van der Waals surface area contributed by atoms with Crippen molar-refractivity contribution in [1.82, 2.24) is 0 Å². The van der Waals surface area contributed by atoms with E-state index in [-0.39, 0.29) is 5.57 Å². The van der Waals surface area contributed by atoms with E-state index in [1.165, 1.54) is 26.0 Å². The Labute approximate surface area is 189 Å². The molecule has 0 saturated heterocycles. The Kier molecular flexibility index (Phi) is 5.97. The highest BCUT2D eigenvalue weighted by Crippen LogP contribution is 2.43. The minimum absolute atomic E-state index is 0.286. The van der Waals surface area contributed by atoms with E-state index in [4.69, 9.17) is 14.7 Å². The highest BCUT2D eigenvalue weighted by atomic mass is 32.2. The predicted molar refractivity (Wildman–Crippen MR) is 122 cm³/mol. The normalized spacial score (nSPS) is 13.3. The lowest BCUT2D eigenvalue weighted by molar-refractivity contribution is -0.119. The zero-order valence-electron chi connectivity index (χ0n) is 17.4. The van der Waals surface area contributed by atoms with E-state index >= 15 is 0 Å². The van der Waals surface area contributed by atoms with Gasteiger partial charge in [0, 0.05) is 4.90 Å². The number of thioether (sulfide) groups is 1. The van der Waals surface area contributed by atoms with Crippen molar-refractivity contribution in [2.75, 3.05) is 19.1 Å². The van der Waals surface area contributed by atoms with Gasteiger partial charge in [0.15, 0.2) is 11.5 Å². The molecular formula is C25H18N2O4S. The average molecular weight is 442 g/mol. The van der Waals surface area contributed by atoms with Gasteiger partial charge in [0.1, 0.15) is 0 Å². The summed E-state index contributed by atoms with van der Waals surface area (Å²) in [5.41, 5.74) is 1.69. The van der Waals surface area contributed by atoms with Gasteiger partial charge in [-0.2, -0.15) is 5.26 Å². The fraction of sp³-hybridized carbons (Fsp3) is 0.0800. The van der Waals surface area contributed by atoms with Crippen LogP contribution in [0.1, 0.15) is 11.1 Å². The van der Waals surface area contributed by atoms with Gasteiger partial charge in [0.2, 0.25) is 0 Å². The molecule has 158 valence electrons. The molecule has 6 nitrogen and oxygen atoms in total. The fourth-order valence-electron chi connectivity index (χ4n) is 3.38. The van der Waals surface area contributed by atoms with Crippen LogP contribution in [0.25, 0.3) is 5.57 Å². The summed E-state index contributed by atoms with van der Waals surface area (Å²) in [5, 5.41) is 9.06. The van der Waals surface area contributed by atoms with Gasteiger partial charge in [0.05, 0.1) is 42.0 Å². The lowest BCUT2D eigenvalue weighted by Gasteiger charge is -2.15. The maximum Gasteiger partial charge on any atom is 0.272 e. The van der Waals surface area contributed by atoms with E-state index < -0.39 is 11.8 Å². The molecule has 0 radical (unpaired) electrons. The fourth-order valence-corrected chi connectivity index (χ4v) is 4.39. The van der Waals surface area contributed by atoms with Crippen LogP contribution in [0, 0.1) is 11.3 Å². The highest BCUT2D eigenvalue weighted by Gasteiger charge is 2.40. The number of ether oxygens (including phenoxy) is 2. The molecule has 3 aromatic carbocycles. The minimum atomic E-state index is -0.439. The Balaban J connectivity index is 1.83. The number of nitriles is 1. The number of carbonyl (C=O) groups is 2. The molecule has 0 bridgehead atoms. The summed E-state index contributed by atoms with van der Waals surface area (Å²) in [6.07, 6.45) is 0. The van der Waals surface area contributed by atoms with Gasteiger partial charge in [-0.1, -0.05) is 36.0 Å². The number of imide groups is 1. The Morgan fingerprint density at radius 1 is 0.844 bits per heavy atom. The molecule has 0 fully saturated rings. The first-order chi connectivity index (χ1) is 15.6. The van der Waals surface area contributed by atoms with Crippen LogP contribution >= 0.6 is 11.8 Å². The maximum atomic E-state index is 13.5. The first-order valence-corrected chi connectivity index (χ1v) is 10.5. The third kappa shape index (κ3) is 3.84. The molecular weight excluding hydrogens is 424 g/mol. The van der Waals surface area contributed by atoms with E-state index in [0.29, 0.717) is 33.2 Å². The summed E-state index contributed by atoms with van der Waals surface area (Å²) in [6.45, 7) is 0. The molecule has 4 rings (SSSR count). The second-order valence-electron chi connectivity index (χ2n) is 6.79. The van der Waals surface area contributed by atoms with Crippen molar-refractivity contribution < 1.29 is 19.1 Å². The van der Waals surface area contributed by atoms with Crippen LogP contribution in [0.2, 0.25) is 0 Å². The Hall–Kier alpha value is -4.02. The van der Waals surface area contributed by atoms with Crippen LogP contribution in [0.3, 0.4) is 0 Å². The quantitative estimate of drug-likeness (QED) is 0.517. The predicted octanol–water partition coefficient (Wildman–Crippen LogP) is 4.65. The summed E-state index contributed by atoms with van der Waals surface area (Å²) in [4.78, 5) is 29.3. The summed E-state index contributed by atoms with van der Waals surface area (Å²) in [7, 11) is 3.05. The van der Waals surface area contributed by atoms with E-state index in [9.17, 15) is 9.59 Å². The summed E-state index contributed by atoms with van der Waals surface area (Å²) in [5.74, 6) is 0.122. The summed E-state index contributed by atoms with van der Waals surface area (Å²) in [6, 6.07) is 22.9. The van der Waals surface area contributed by atoms with Gasteiger partial charge >= 0.3 is 0 Å². The molecule has 1 heterocycles. The number of nitrogens with zero attached hydrogens (tertiary/aromatic N) is 2. The molecule has 32 heavy (non-hydrogen) atoms. The van der Waals surface area contributed by atoms with Crippen molar-refractivity contribution in [2.45, 2.75) is 4.90 Å². The van der Waals surface area contributed by atoms with Crippen molar-refractivity contribution >= 4 is 34.8 Å². The number of methoxy groups -OCH3 is 2. The number of hydrogen-bond donors (Lipinski definition) is 0. The second kappa shape index (κ2) is 9.00. The Morgan fingerprint density at radius 2 is 1.53 bits per heavy atom. The molecule has 1 aliphatic heterocycles. The molecule has 0 N–H and O–H groups in total. The topological polar surface area (TPSA) is 79.6 Å². The SMILES string of the molecule is COc1ccc(C2=C(Sc3ccccc3)C(=O)N(c3ccc(C#N)cc3)C2=O)cc1OC. The molecule has 7 heteroatoms. The molecule has 0 spiro atoms. The van der Waals surface area contributed by atoms with Crippen molar-refractivity contribution in [2.24, 2.45) is 0 Å². The molecule has 0 atom stereocenters. The zero-order valence-corrected chi connectivity index (χ0v) is 18.2. The minimum Gasteiger partial charge on any atom is -0.493 e. The lowest BCUT2D eigenvalue weighted by Crippen LogP contribution is -2.31. The number of anilines is 1. The smallest absolute Gasteiger partial charge is 0.272 e. The largest absolute Gasteiger partial charge is 0.493 e. The summed E-state index contributed by atoms with van der Waals surface area (Å²) >= 11 is 1.24. The molecule has 2 amide bonds. The second-order valence-corrected chi connectivity index (χ2v) is 7.88. The molecule has 0 aliphatic carbocycles. The van der Waals surface area contributed by atoms with Crippen LogP contribution in [-0.2, 0) is 9.59 Å².